The van der Waals surface area contributed by atoms with Crippen molar-refractivity contribution in [3.63, 3.8) is 0 Å². The van der Waals surface area contributed by atoms with Crippen molar-refractivity contribution in [3.8, 4) is 5.75 Å². The predicted octanol–water partition coefficient (Wildman–Crippen LogP) is 3.19. The molecule has 2 aliphatic heterocycles. The van der Waals surface area contributed by atoms with Gasteiger partial charge in [-0.3, -0.25) is 9.78 Å². The summed E-state index contributed by atoms with van der Waals surface area (Å²) in [5, 5.41) is 0. The van der Waals surface area contributed by atoms with Crippen LogP contribution < -0.4 is 9.64 Å². The lowest BCUT2D eigenvalue weighted by molar-refractivity contribution is -0.274. The van der Waals surface area contributed by atoms with Gasteiger partial charge in [-0.2, -0.15) is 4.31 Å². The van der Waals surface area contributed by atoms with E-state index in [4.69, 9.17) is 0 Å². The van der Waals surface area contributed by atoms with Crippen molar-refractivity contribution in [2.75, 3.05) is 24.5 Å². The van der Waals surface area contributed by atoms with Gasteiger partial charge < -0.3 is 9.64 Å². The van der Waals surface area contributed by atoms with Gasteiger partial charge in [0, 0.05) is 37.7 Å². The molecule has 0 atom stereocenters. The molecule has 2 aliphatic rings. The molecular formula is C20H20F3N3O4S. The second-order valence-corrected chi connectivity index (χ2v) is 9.56. The van der Waals surface area contributed by atoms with Crippen LogP contribution in [0.4, 0.5) is 18.9 Å². The molecule has 7 nitrogen and oxygen atoms in total. The molecule has 0 bridgehead atoms. The molecule has 0 unspecified atom stereocenters. The average Bonchev–Trinajstić information content (AvgIpc) is 3.04. The molecule has 0 saturated carbocycles. The summed E-state index contributed by atoms with van der Waals surface area (Å²) in [5.41, 5.74) is -0.177. The van der Waals surface area contributed by atoms with Gasteiger partial charge in [-0.1, -0.05) is 0 Å². The van der Waals surface area contributed by atoms with Crippen molar-refractivity contribution in [3.05, 3.63) is 48.8 Å². The largest absolute Gasteiger partial charge is 0.573 e. The minimum absolute atomic E-state index is 0.117. The first-order valence-electron chi connectivity index (χ1n) is 9.69. The highest BCUT2D eigenvalue weighted by Crippen LogP contribution is 2.44. The van der Waals surface area contributed by atoms with E-state index in [0.29, 0.717) is 31.5 Å². The number of piperidine rings is 1. The lowest BCUT2D eigenvalue weighted by Gasteiger charge is -2.37. The number of hydrogen-bond donors (Lipinski definition) is 0. The molecule has 1 spiro atoms. The molecule has 4 rings (SSSR count). The number of nitrogens with zero attached hydrogens (tertiary/aromatic N) is 3. The summed E-state index contributed by atoms with van der Waals surface area (Å²) in [6, 6.07) is 8.22. The number of hydrogen-bond acceptors (Lipinski definition) is 5. The number of pyridine rings is 1. The molecule has 1 aromatic heterocycles. The van der Waals surface area contributed by atoms with Crippen LogP contribution in [0.25, 0.3) is 0 Å². The van der Waals surface area contributed by atoms with Crippen LogP contribution in [-0.4, -0.2) is 49.6 Å². The van der Waals surface area contributed by atoms with Gasteiger partial charge in [-0.25, -0.2) is 8.42 Å². The number of halogens is 3. The quantitative estimate of drug-likeness (QED) is 0.708. The fraction of sp³-hybridized carbons (Fsp3) is 0.400. The van der Waals surface area contributed by atoms with Crippen molar-refractivity contribution in [2.24, 2.45) is 5.41 Å². The molecule has 3 heterocycles. The van der Waals surface area contributed by atoms with Crippen molar-refractivity contribution < 1.29 is 31.1 Å². The Bertz CT molecular complexity index is 1050. The maximum absolute atomic E-state index is 13.2. The summed E-state index contributed by atoms with van der Waals surface area (Å²) in [4.78, 5) is 18.7. The molecule has 31 heavy (non-hydrogen) atoms. The molecule has 1 aromatic carbocycles. The molecule has 2 aromatic rings. The summed E-state index contributed by atoms with van der Waals surface area (Å²) in [6.45, 7) is 0.859. The highest BCUT2D eigenvalue weighted by Gasteiger charge is 2.49. The molecule has 0 radical (unpaired) electrons. The number of amides is 1. The van der Waals surface area contributed by atoms with Crippen LogP contribution in [0.5, 0.6) is 5.75 Å². The lowest BCUT2D eigenvalue weighted by atomic mass is 9.77. The Balaban J connectivity index is 1.44. The fourth-order valence-electron chi connectivity index (χ4n) is 4.16. The van der Waals surface area contributed by atoms with Gasteiger partial charge in [0.2, 0.25) is 15.9 Å². The van der Waals surface area contributed by atoms with Crippen LogP contribution in [0, 0.1) is 5.41 Å². The van der Waals surface area contributed by atoms with Gasteiger partial charge in [0.25, 0.3) is 0 Å². The number of alkyl halides is 3. The number of rotatable bonds is 4. The first-order chi connectivity index (χ1) is 14.6. The maximum atomic E-state index is 13.2. The van der Waals surface area contributed by atoms with Gasteiger partial charge in [-0.05, 0) is 55.7 Å². The fourth-order valence-corrected chi connectivity index (χ4v) is 5.57. The molecule has 2 fully saturated rings. The summed E-state index contributed by atoms with van der Waals surface area (Å²) in [5.74, 6) is -0.484. The minimum atomic E-state index is -4.78. The molecule has 11 heteroatoms. The molecule has 166 valence electrons. The Morgan fingerprint density at radius 1 is 1.00 bits per heavy atom. The predicted molar refractivity (Wildman–Crippen MR) is 105 cm³/mol. The van der Waals surface area contributed by atoms with Crippen LogP contribution in [-0.2, 0) is 14.8 Å². The molecule has 2 saturated heterocycles. The van der Waals surface area contributed by atoms with Crippen LogP contribution in [0.1, 0.15) is 19.3 Å². The summed E-state index contributed by atoms with van der Waals surface area (Å²) >= 11 is 0. The Kier molecular flexibility index (Phi) is 5.42. The standard InChI is InChI=1S/C20H20F3N3O4S/c21-20(22,23)30-16-5-3-15(4-6-16)26-13-9-19(18(26)27)7-11-25(12-8-19)31(28,29)17-2-1-10-24-14-17/h1-6,10,14H,7-9,11-13H2. The summed E-state index contributed by atoms with van der Waals surface area (Å²) in [6.07, 6.45) is -0.646. The highest BCUT2D eigenvalue weighted by atomic mass is 32.2. The Morgan fingerprint density at radius 3 is 2.23 bits per heavy atom. The highest BCUT2D eigenvalue weighted by molar-refractivity contribution is 7.89. The zero-order valence-electron chi connectivity index (χ0n) is 16.4. The normalized spacial score (nSPS) is 19.7. The van der Waals surface area contributed by atoms with Gasteiger partial charge in [-0.15, -0.1) is 13.2 Å². The van der Waals surface area contributed by atoms with Gasteiger partial charge >= 0.3 is 6.36 Å². The van der Waals surface area contributed by atoms with Crippen molar-refractivity contribution in [1.29, 1.82) is 0 Å². The number of benzene rings is 1. The van der Waals surface area contributed by atoms with E-state index in [1.807, 2.05) is 0 Å². The van der Waals surface area contributed by atoms with E-state index in [1.54, 1.807) is 11.0 Å². The van der Waals surface area contributed by atoms with Gasteiger partial charge in [0.1, 0.15) is 10.6 Å². The third kappa shape index (κ3) is 4.24. The minimum Gasteiger partial charge on any atom is -0.406 e. The van der Waals surface area contributed by atoms with Crippen molar-refractivity contribution >= 4 is 21.6 Å². The lowest BCUT2D eigenvalue weighted by Crippen LogP contribution is -2.46. The monoisotopic (exact) mass is 455 g/mol. The zero-order valence-corrected chi connectivity index (χ0v) is 17.2. The smallest absolute Gasteiger partial charge is 0.406 e. The van der Waals surface area contributed by atoms with Crippen LogP contribution in [0.3, 0.4) is 0 Å². The second-order valence-electron chi connectivity index (χ2n) is 7.62. The molecule has 1 amide bonds. The van der Waals surface area contributed by atoms with E-state index in [1.165, 1.54) is 47.0 Å². The van der Waals surface area contributed by atoms with E-state index in [0.717, 1.165) is 0 Å². The third-order valence-electron chi connectivity index (χ3n) is 5.85. The van der Waals surface area contributed by atoms with Crippen LogP contribution in [0.2, 0.25) is 0 Å². The maximum Gasteiger partial charge on any atom is 0.573 e. The van der Waals surface area contributed by atoms with Crippen molar-refractivity contribution in [1.82, 2.24) is 9.29 Å². The number of carbonyl (C=O) groups is 1. The first kappa shape index (κ1) is 21.6. The number of carbonyl (C=O) groups excluding carboxylic acids is 1. The second kappa shape index (κ2) is 7.79. The number of sulfonamides is 1. The summed E-state index contributed by atoms with van der Waals surface area (Å²) in [7, 11) is -3.67. The SMILES string of the molecule is O=C1N(c2ccc(OC(F)(F)F)cc2)CCC12CCN(S(=O)(=O)c1cccnc1)CC2. The average molecular weight is 455 g/mol. The molecular weight excluding hydrogens is 435 g/mol. The molecule has 0 aliphatic carbocycles. The van der Waals surface area contributed by atoms with E-state index >= 15 is 0 Å². The van der Waals surface area contributed by atoms with Gasteiger partial charge in [0.15, 0.2) is 0 Å². The Hall–Kier alpha value is -2.66. The Labute approximate surface area is 177 Å². The van der Waals surface area contributed by atoms with Crippen LogP contribution >= 0.6 is 0 Å². The molecule has 0 N–H and O–H groups in total. The van der Waals surface area contributed by atoms with E-state index in [-0.39, 0.29) is 29.6 Å². The number of anilines is 1. The number of aromatic nitrogens is 1. The topological polar surface area (TPSA) is 79.8 Å². The van der Waals surface area contributed by atoms with E-state index in [2.05, 4.69) is 9.72 Å². The number of ether oxygens (including phenoxy) is 1. The van der Waals surface area contributed by atoms with Crippen LogP contribution in [0.15, 0.2) is 53.7 Å². The van der Waals surface area contributed by atoms with Crippen molar-refractivity contribution in [2.45, 2.75) is 30.5 Å². The first-order valence-corrected chi connectivity index (χ1v) is 11.1. The third-order valence-corrected chi connectivity index (χ3v) is 7.73. The Morgan fingerprint density at radius 2 is 1.65 bits per heavy atom. The zero-order chi connectivity index (χ0) is 22.3. The van der Waals surface area contributed by atoms with Gasteiger partial charge in [0.05, 0.1) is 5.41 Å². The van der Waals surface area contributed by atoms with E-state index < -0.39 is 21.8 Å². The van der Waals surface area contributed by atoms with E-state index in [9.17, 15) is 26.4 Å². The summed E-state index contributed by atoms with van der Waals surface area (Å²) < 4.78 is 67.8.